The van der Waals surface area contributed by atoms with Crippen LogP contribution < -0.4 is 5.73 Å². The molecule has 6 nitrogen and oxygen atoms in total. The van der Waals surface area contributed by atoms with Gasteiger partial charge in [0.1, 0.15) is 0 Å². The lowest BCUT2D eigenvalue weighted by Crippen LogP contribution is -2.37. The molecule has 0 saturated heterocycles. The van der Waals surface area contributed by atoms with Gasteiger partial charge in [-0.25, -0.2) is 8.42 Å². The van der Waals surface area contributed by atoms with E-state index in [0.717, 1.165) is 5.56 Å². The van der Waals surface area contributed by atoms with E-state index in [4.69, 9.17) is 5.73 Å². The van der Waals surface area contributed by atoms with Gasteiger partial charge in [-0.2, -0.15) is 4.31 Å². The number of methoxy groups -OCH3 is 1. The van der Waals surface area contributed by atoms with Crippen LogP contribution in [-0.4, -0.2) is 44.6 Å². The number of esters is 1. The van der Waals surface area contributed by atoms with Gasteiger partial charge in [-0.1, -0.05) is 30.3 Å². The highest BCUT2D eigenvalue weighted by Gasteiger charge is 2.22. The predicted molar refractivity (Wildman–Crippen MR) is 76.3 cm³/mol. The van der Waals surface area contributed by atoms with Gasteiger partial charge in [0.15, 0.2) is 0 Å². The Labute approximate surface area is 119 Å². The Hall–Kier alpha value is -1.44. The highest BCUT2D eigenvalue weighted by atomic mass is 32.2. The topological polar surface area (TPSA) is 89.7 Å². The van der Waals surface area contributed by atoms with Crippen LogP contribution in [-0.2, 0) is 26.1 Å². The maximum atomic E-state index is 12.2. The largest absolute Gasteiger partial charge is 0.469 e. The molecule has 0 aliphatic rings. The number of nitrogens with zero attached hydrogens (tertiary/aromatic N) is 1. The van der Waals surface area contributed by atoms with Gasteiger partial charge in [-0.05, 0) is 5.56 Å². The van der Waals surface area contributed by atoms with Crippen molar-refractivity contribution in [1.82, 2.24) is 4.31 Å². The van der Waals surface area contributed by atoms with E-state index in [9.17, 15) is 13.2 Å². The van der Waals surface area contributed by atoms with E-state index in [1.807, 2.05) is 30.3 Å². The van der Waals surface area contributed by atoms with Gasteiger partial charge in [0.25, 0.3) is 0 Å². The molecular formula is C13H20N2O4S. The van der Waals surface area contributed by atoms with Crippen molar-refractivity contribution in [3.05, 3.63) is 35.9 Å². The molecule has 0 atom stereocenters. The first-order chi connectivity index (χ1) is 9.49. The number of carbonyl (C=O) groups is 1. The first-order valence-electron chi connectivity index (χ1n) is 6.28. The summed E-state index contributed by atoms with van der Waals surface area (Å²) in [5.74, 6) is -0.812. The van der Waals surface area contributed by atoms with Crippen molar-refractivity contribution in [2.45, 2.75) is 13.0 Å². The Kier molecular flexibility index (Phi) is 6.63. The van der Waals surface area contributed by atoms with Gasteiger partial charge >= 0.3 is 5.97 Å². The zero-order valence-electron chi connectivity index (χ0n) is 11.5. The van der Waals surface area contributed by atoms with E-state index in [1.165, 1.54) is 11.4 Å². The first kappa shape index (κ1) is 16.6. The van der Waals surface area contributed by atoms with Gasteiger partial charge < -0.3 is 10.5 Å². The third-order valence-electron chi connectivity index (χ3n) is 2.77. The first-order valence-corrected chi connectivity index (χ1v) is 7.89. The van der Waals surface area contributed by atoms with E-state index in [-0.39, 0.29) is 31.8 Å². The summed E-state index contributed by atoms with van der Waals surface area (Å²) in [6.45, 7) is 0.699. The summed E-state index contributed by atoms with van der Waals surface area (Å²) < 4.78 is 30.2. The minimum atomic E-state index is -3.54. The third-order valence-corrected chi connectivity index (χ3v) is 4.58. The number of carbonyl (C=O) groups excluding carboxylic acids is 1. The monoisotopic (exact) mass is 300 g/mol. The van der Waals surface area contributed by atoms with Gasteiger partial charge in [0, 0.05) is 19.6 Å². The van der Waals surface area contributed by atoms with E-state index >= 15 is 0 Å². The lowest BCUT2D eigenvalue weighted by molar-refractivity contribution is -0.140. The third kappa shape index (κ3) is 5.28. The molecule has 0 heterocycles. The summed E-state index contributed by atoms with van der Waals surface area (Å²) in [5.41, 5.74) is 6.34. The summed E-state index contributed by atoms with van der Waals surface area (Å²) in [6.07, 6.45) is -0.158. The maximum absolute atomic E-state index is 12.2. The van der Waals surface area contributed by atoms with Crippen molar-refractivity contribution >= 4 is 16.0 Å². The van der Waals surface area contributed by atoms with Gasteiger partial charge in [-0.15, -0.1) is 0 Å². The summed E-state index contributed by atoms with van der Waals surface area (Å²) in [7, 11) is -2.30. The molecule has 0 aliphatic heterocycles. The van der Waals surface area contributed by atoms with Crippen LogP contribution in [0.4, 0.5) is 0 Å². The standard InChI is InChI=1S/C13H20N2O4S/c1-19-13(16)7-10-20(17,18)15(9-8-14)11-12-5-3-2-4-6-12/h2-6H,7-11,14H2,1H3. The number of hydrogen-bond acceptors (Lipinski definition) is 5. The molecule has 20 heavy (non-hydrogen) atoms. The van der Waals surface area contributed by atoms with E-state index < -0.39 is 16.0 Å². The fourth-order valence-electron chi connectivity index (χ4n) is 1.69. The highest BCUT2D eigenvalue weighted by Crippen LogP contribution is 2.10. The summed E-state index contributed by atoms with van der Waals surface area (Å²) in [5, 5.41) is 0. The molecule has 2 N–H and O–H groups in total. The molecule has 0 aliphatic carbocycles. The highest BCUT2D eigenvalue weighted by molar-refractivity contribution is 7.89. The second-order valence-electron chi connectivity index (χ2n) is 4.25. The number of hydrogen-bond donors (Lipinski definition) is 1. The molecule has 1 aromatic rings. The SMILES string of the molecule is COC(=O)CCS(=O)(=O)N(CCN)Cc1ccccc1. The number of rotatable bonds is 8. The predicted octanol–water partition coefficient (Wildman–Crippen LogP) is 0.340. The van der Waals surface area contributed by atoms with Gasteiger partial charge in [0.05, 0.1) is 19.3 Å². The van der Waals surface area contributed by atoms with E-state index in [0.29, 0.717) is 0 Å². The molecule has 7 heteroatoms. The minimum Gasteiger partial charge on any atom is -0.469 e. The van der Waals surface area contributed by atoms with Crippen molar-refractivity contribution in [3.8, 4) is 0 Å². The van der Waals surface area contributed by atoms with Crippen molar-refractivity contribution in [1.29, 1.82) is 0 Å². The second-order valence-corrected chi connectivity index (χ2v) is 6.34. The lowest BCUT2D eigenvalue weighted by atomic mass is 10.2. The van der Waals surface area contributed by atoms with E-state index in [2.05, 4.69) is 4.74 Å². The smallest absolute Gasteiger partial charge is 0.306 e. The second kappa shape index (κ2) is 7.98. The molecular weight excluding hydrogens is 280 g/mol. The molecule has 1 aromatic carbocycles. The Morgan fingerprint density at radius 1 is 1.30 bits per heavy atom. The zero-order valence-corrected chi connectivity index (χ0v) is 12.3. The lowest BCUT2D eigenvalue weighted by Gasteiger charge is -2.21. The van der Waals surface area contributed by atoms with Crippen molar-refractivity contribution in [2.75, 3.05) is 26.0 Å². The van der Waals surface area contributed by atoms with Crippen LogP contribution in [0.2, 0.25) is 0 Å². The Bertz CT molecular complexity index is 516. The summed E-state index contributed by atoms with van der Waals surface area (Å²) in [6, 6.07) is 9.25. The fourth-order valence-corrected chi connectivity index (χ4v) is 3.10. The molecule has 0 bridgehead atoms. The molecule has 1 rings (SSSR count). The average Bonchev–Trinajstić information content (AvgIpc) is 2.45. The number of sulfonamides is 1. The van der Waals surface area contributed by atoms with Crippen LogP contribution >= 0.6 is 0 Å². The van der Waals surface area contributed by atoms with Crippen LogP contribution in [0.25, 0.3) is 0 Å². The molecule has 112 valence electrons. The van der Waals surface area contributed by atoms with Crippen LogP contribution in [0.1, 0.15) is 12.0 Å². The van der Waals surface area contributed by atoms with Crippen molar-refractivity contribution in [2.24, 2.45) is 5.73 Å². The van der Waals surface area contributed by atoms with Gasteiger partial charge in [0.2, 0.25) is 10.0 Å². The van der Waals surface area contributed by atoms with E-state index in [1.54, 1.807) is 0 Å². The van der Waals surface area contributed by atoms with Crippen LogP contribution in [0, 0.1) is 0 Å². The van der Waals surface area contributed by atoms with Crippen molar-refractivity contribution in [3.63, 3.8) is 0 Å². The molecule has 0 radical (unpaired) electrons. The molecule has 0 amide bonds. The number of benzene rings is 1. The normalized spacial score (nSPS) is 11.6. The number of ether oxygens (including phenoxy) is 1. The molecule has 0 spiro atoms. The van der Waals surface area contributed by atoms with Crippen LogP contribution in [0.15, 0.2) is 30.3 Å². The summed E-state index contributed by atoms with van der Waals surface area (Å²) in [4.78, 5) is 11.1. The average molecular weight is 300 g/mol. The summed E-state index contributed by atoms with van der Waals surface area (Å²) >= 11 is 0. The molecule has 0 saturated carbocycles. The van der Waals surface area contributed by atoms with Crippen molar-refractivity contribution < 1.29 is 17.9 Å². The fraction of sp³-hybridized carbons (Fsp3) is 0.462. The van der Waals surface area contributed by atoms with Gasteiger partial charge in [-0.3, -0.25) is 4.79 Å². The van der Waals surface area contributed by atoms with Crippen LogP contribution in [0.5, 0.6) is 0 Å². The Balaban J connectivity index is 2.76. The Morgan fingerprint density at radius 3 is 2.50 bits per heavy atom. The quantitative estimate of drug-likeness (QED) is 0.699. The molecule has 0 fully saturated rings. The maximum Gasteiger partial charge on any atom is 0.306 e. The molecule has 0 aromatic heterocycles. The Morgan fingerprint density at radius 2 is 1.95 bits per heavy atom. The van der Waals surface area contributed by atoms with Crippen LogP contribution in [0.3, 0.4) is 0 Å². The zero-order chi connectivity index (χ0) is 15.0. The minimum absolute atomic E-state index is 0.158. The molecule has 0 unspecified atom stereocenters. The number of nitrogens with two attached hydrogens (primary N) is 1.